The number of benzene rings is 1. The normalized spacial score (nSPS) is 20.8. The SMILES string of the molecule is CN=C(NCCCN1CCCN(C)CC1)NC1CCN(c2cc(Cl)ccc2OC)C1.I. The molecule has 0 aliphatic carbocycles. The van der Waals surface area contributed by atoms with Gasteiger partial charge in [-0.2, -0.15) is 0 Å². The Hall–Kier alpha value is -0.970. The number of likely N-dealkylation sites (N-methyl/N-ethyl adjacent to an activating group) is 1. The lowest BCUT2D eigenvalue weighted by molar-refractivity contribution is 0.274. The second-order valence-corrected chi connectivity index (χ2v) is 8.68. The summed E-state index contributed by atoms with van der Waals surface area (Å²) in [5.74, 6) is 1.75. The van der Waals surface area contributed by atoms with Gasteiger partial charge in [0.2, 0.25) is 0 Å². The molecule has 3 rings (SSSR count). The standard InChI is InChI=1S/C22H37ClN6O.HI/c1-24-22(25-9-4-11-28-12-5-10-27(2)14-15-28)26-19-8-13-29(17-19)20-16-18(23)6-7-21(20)30-3;/h6-7,16,19H,4-5,8-15,17H2,1-3H3,(H2,24,25,26);1H. The number of nitrogens with zero attached hydrogens (tertiary/aromatic N) is 4. The molecular weight excluding hydrogens is 527 g/mol. The third-order valence-electron chi connectivity index (χ3n) is 5.99. The number of anilines is 1. The van der Waals surface area contributed by atoms with Gasteiger partial charge in [-0.05, 0) is 64.1 Å². The Labute approximate surface area is 209 Å². The Bertz CT molecular complexity index is 707. The van der Waals surface area contributed by atoms with Crippen molar-refractivity contribution in [3.8, 4) is 5.75 Å². The van der Waals surface area contributed by atoms with Crippen molar-refractivity contribution in [2.45, 2.75) is 25.3 Å². The average Bonchev–Trinajstić information content (AvgIpc) is 3.11. The molecule has 2 heterocycles. The number of guanidine groups is 1. The molecule has 2 N–H and O–H groups in total. The molecule has 31 heavy (non-hydrogen) atoms. The second kappa shape index (κ2) is 13.5. The number of nitrogens with one attached hydrogen (secondary N) is 2. The molecule has 2 saturated heterocycles. The highest BCUT2D eigenvalue weighted by molar-refractivity contribution is 14.0. The first-order valence-electron chi connectivity index (χ1n) is 11.1. The smallest absolute Gasteiger partial charge is 0.191 e. The molecule has 0 amide bonds. The van der Waals surface area contributed by atoms with Gasteiger partial charge in [-0.3, -0.25) is 4.99 Å². The van der Waals surface area contributed by atoms with Crippen LogP contribution in [0.2, 0.25) is 5.02 Å². The number of rotatable bonds is 7. The summed E-state index contributed by atoms with van der Waals surface area (Å²) in [5, 5.41) is 7.79. The summed E-state index contributed by atoms with van der Waals surface area (Å²) < 4.78 is 5.52. The lowest BCUT2D eigenvalue weighted by Crippen LogP contribution is -2.45. The van der Waals surface area contributed by atoms with E-state index in [4.69, 9.17) is 16.3 Å². The number of aliphatic imine (C=N–C) groups is 1. The van der Waals surface area contributed by atoms with Crippen LogP contribution >= 0.6 is 35.6 Å². The summed E-state index contributed by atoms with van der Waals surface area (Å²) in [6.07, 6.45) is 3.45. The number of hydrogen-bond acceptors (Lipinski definition) is 5. The molecule has 1 aromatic carbocycles. The van der Waals surface area contributed by atoms with Crippen LogP contribution in [0.4, 0.5) is 5.69 Å². The highest BCUT2D eigenvalue weighted by Gasteiger charge is 2.25. The van der Waals surface area contributed by atoms with Gasteiger partial charge in [0.25, 0.3) is 0 Å². The van der Waals surface area contributed by atoms with Gasteiger partial charge in [0.1, 0.15) is 5.75 Å². The molecule has 2 aliphatic heterocycles. The summed E-state index contributed by atoms with van der Waals surface area (Å²) in [7, 11) is 5.76. The first-order valence-corrected chi connectivity index (χ1v) is 11.4. The van der Waals surface area contributed by atoms with Crippen molar-refractivity contribution in [2.75, 3.05) is 78.5 Å². The van der Waals surface area contributed by atoms with Crippen molar-refractivity contribution in [1.82, 2.24) is 20.4 Å². The van der Waals surface area contributed by atoms with Gasteiger partial charge in [-0.1, -0.05) is 11.6 Å². The van der Waals surface area contributed by atoms with Crippen molar-refractivity contribution in [3.05, 3.63) is 23.2 Å². The van der Waals surface area contributed by atoms with Gasteiger partial charge in [-0.25, -0.2) is 0 Å². The Balaban J connectivity index is 0.00000341. The molecule has 1 aromatic rings. The van der Waals surface area contributed by atoms with Gasteiger partial charge in [0, 0.05) is 50.8 Å². The van der Waals surface area contributed by atoms with Gasteiger partial charge in [0.05, 0.1) is 12.8 Å². The van der Waals surface area contributed by atoms with Crippen LogP contribution in [0.25, 0.3) is 0 Å². The van der Waals surface area contributed by atoms with Gasteiger partial charge < -0.3 is 30.1 Å². The highest BCUT2D eigenvalue weighted by Crippen LogP contribution is 2.33. The number of methoxy groups -OCH3 is 1. The summed E-state index contributed by atoms with van der Waals surface area (Å²) in [6.45, 7) is 8.72. The predicted molar refractivity (Wildman–Crippen MR) is 142 cm³/mol. The quantitative estimate of drug-likeness (QED) is 0.230. The highest BCUT2D eigenvalue weighted by atomic mass is 127. The third kappa shape index (κ3) is 8.14. The monoisotopic (exact) mass is 564 g/mol. The van der Waals surface area contributed by atoms with Gasteiger partial charge >= 0.3 is 0 Å². The van der Waals surface area contributed by atoms with Crippen molar-refractivity contribution in [2.24, 2.45) is 4.99 Å². The maximum Gasteiger partial charge on any atom is 0.191 e. The second-order valence-electron chi connectivity index (χ2n) is 8.24. The molecule has 0 spiro atoms. The van der Waals surface area contributed by atoms with Crippen LogP contribution in [0.1, 0.15) is 19.3 Å². The fourth-order valence-corrected chi connectivity index (χ4v) is 4.39. The maximum absolute atomic E-state index is 6.21. The molecule has 9 heteroatoms. The Morgan fingerprint density at radius 2 is 2.06 bits per heavy atom. The van der Waals surface area contributed by atoms with E-state index in [-0.39, 0.29) is 24.0 Å². The molecule has 176 valence electrons. The van der Waals surface area contributed by atoms with Crippen molar-refractivity contribution < 1.29 is 4.74 Å². The average molecular weight is 565 g/mol. The lowest BCUT2D eigenvalue weighted by Gasteiger charge is -2.23. The van der Waals surface area contributed by atoms with E-state index in [0.717, 1.165) is 61.4 Å². The van der Waals surface area contributed by atoms with E-state index in [1.54, 1.807) is 7.11 Å². The van der Waals surface area contributed by atoms with Gasteiger partial charge in [-0.15, -0.1) is 24.0 Å². The van der Waals surface area contributed by atoms with Gasteiger partial charge in [0.15, 0.2) is 5.96 Å². The molecule has 0 bridgehead atoms. The van der Waals surface area contributed by atoms with Crippen LogP contribution in [0, 0.1) is 0 Å². The number of ether oxygens (including phenoxy) is 1. The minimum absolute atomic E-state index is 0. The Morgan fingerprint density at radius 1 is 1.23 bits per heavy atom. The van der Waals surface area contributed by atoms with Crippen molar-refractivity contribution in [3.63, 3.8) is 0 Å². The zero-order valence-corrected chi connectivity index (χ0v) is 22.2. The Kier molecular flexibility index (Phi) is 11.5. The van der Waals surface area contributed by atoms with Crippen LogP contribution in [-0.4, -0.2) is 95.4 Å². The first kappa shape index (κ1) is 26.3. The van der Waals surface area contributed by atoms with Crippen LogP contribution in [0.15, 0.2) is 23.2 Å². The van der Waals surface area contributed by atoms with Crippen LogP contribution < -0.4 is 20.3 Å². The summed E-state index contributed by atoms with van der Waals surface area (Å²) in [4.78, 5) is 11.7. The van der Waals surface area contributed by atoms with E-state index >= 15 is 0 Å². The number of hydrogen-bond donors (Lipinski definition) is 2. The zero-order valence-electron chi connectivity index (χ0n) is 19.1. The summed E-state index contributed by atoms with van der Waals surface area (Å²) >= 11 is 6.21. The molecule has 2 aliphatic rings. The van der Waals surface area contributed by atoms with E-state index in [2.05, 4.69) is 37.4 Å². The number of halogens is 2. The van der Waals surface area contributed by atoms with Crippen molar-refractivity contribution >= 4 is 47.2 Å². The minimum atomic E-state index is 0. The largest absolute Gasteiger partial charge is 0.495 e. The topological polar surface area (TPSA) is 55.4 Å². The predicted octanol–water partition coefficient (Wildman–Crippen LogP) is 2.74. The van der Waals surface area contributed by atoms with E-state index in [0.29, 0.717) is 6.04 Å². The third-order valence-corrected chi connectivity index (χ3v) is 6.23. The van der Waals surface area contributed by atoms with E-state index in [1.165, 1.54) is 32.6 Å². The van der Waals surface area contributed by atoms with E-state index in [1.807, 2.05) is 25.2 Å². The molecule has 0 radical (unpaired) electrons. The fraction of sp³-hybridized carbons (Fsp3) is 0.682. The Morgan fingerprint density at radius 3 is 2.84 bits per heavy atom. The minimum Gasteiger partial charge on any atom is -0.495 e. The van der Waals surface area contributed by atoms with Crippen LogP contribution in [-0.2, 0) is 0 Å². The summed E-state index contributed by atoms with van der Waals surface area (Å²) in [5.41, 5.74) is 1.06. The van der Waals surface area contributed by atoms with E-state index in [9.17, 15) is 0 Å². The molecule has 1 atom stereocenters. The fourth-order valence-electron chi connectivity index (χ4n) is 4.23. The first-order chi connectivity index (χ1) is 14.6. The summed E-state index contributed by atoms with van der Waals surface area (Å²) in [6, 6.07) is 6.13. The van der Waals surface area contributed by atoms with Crippen LogP contribution in [0.5, 0.6) is 5.75 Å². The zero-order chi connectivity index (χ0) is 21.3. The van der Waals surface area contributed by atoms with Crippen LogP contribution in [0.3, 0.4) is 0 Å². The lowest BCUT2D eigenvalue weighted by atomic mass is 10.2. The maximum atomic E-state index is 6.21. The molecule has 0 saturated carbocycles. The molecular formula is C22H38ClIN6O. The molecule has 2 fully saturated rings. The van der Waals surface area contributed by atoms with E-state index < -0.39 is 0 Å². The molecule has 0 aromatic heterocycles. The van der Waals surface area contributed by atoms with Crippen molar-refractivity contribution in [1.29, 1.82) is 0 Å². The molecule has 7 nitrogen and oxygen atoms in total. The molecule has 1 unspecified atom stereocenters.